The molecule has 1 saturated carbocycles. The van der Waals surface area contributed by atoms with Gasteiger partial charge in [0.05, 0.1) is 17.1 Å². The third-order valence-electron chi connectivity index (χ3n) is 5.72. The first-order valence-electron chi connectivity index (χ1n) is 9.37. The Morgan fingerprint density at radius 2 is 2.10 bits per heavy atom. The van der Waals surface area contributed by atoms with Gasteiger partial charge >= 0.3 is 0 Å². The lowest BCUT2D eigenvalue weighted by atomic mass is 10.0. The second-order valence-electron chi connectivity index (χ2n) is 7.55. The number of ether oxygens (including phenoxy) is 1. The van der Waals surface area contributed by atoms with Gasteiger partial charge in [0.15, 0.2) is 0 Å². The van der Waals surface area contributed by atoms with Crippen molar-refractivity contribution in [2.24, 2.45) is 7.05 Å². The minimum absolute atomic E-state index is 0.429. The lowest BCUT2D eigenvalue weighted by Crippen LogP contribution is -2.09. The highest BCUT2D eigenvalue weighted by Crippen LogP contribution is 2.48. The van der Waals surface area contributed by atoms with E-state index in [0.717, 1.165) is 41.0 Å². The van der Waals surface area contributed by atoms with E-state index in [1.807, 2.05) is 36.1 Å². The van der Waals surface area contributed by atoms with E-state index in [1.54, 1.807) is 13.4 Å². The molecule has 9 heteroatoms. The molecule has 0 spiro atoms. The van der Waals surface area contributed by atoms with Gasteiger partial charge in [-0.3, -0.25) is 4.68 Å². The zero-order chi connectivity index (χ0) is 19.8. The van der Waals surface area contributed by atoms with Crippen molar-refractivity contribution in [3.63, 3.8) is 0 Å². The molecule has 0 atom stereocenters. The van der Waals surface area contributed by atoms with Gasteiger partial charge in [-0.1, -0.05) is 16.8 Å². The van der Waals surface area contributed by atoms with Crippen LogP contribution in [0.2, 0.25) is 5.02 Å². The molecule has 4 heterocycles. The van der Waals surface area contributed by atoms with E-state index in [1.165, 1.54) is 0 Å². The predicted octanol–water partition coefficient (Wildman–Crippen LogP) is 3.52. The molecule has 0 saturated heterocycles. The van der Waals surface area contributed by atoms with Gasteiger partial charge in [-0.15, -0.1) is 0 Å². The van der Waals surface area contributed by atoms with Crippen LogP contribution in [0.15, 0.2) is 35.2 Å². The third kappa shape index (κ3) is 2.42. The highest BCUT2D eigenvalue weighted by molar-refractivity contribution is 6.31. The molecule has 0 bridgehead atoms. The number of methoxy groups -OCH3 is 1. The van der Waals surface area contributed by atoms with Gasteiger partial charge < -0.3 is 13.8 Å². The Hall–Kier alpha value is -2.97. The number of fused-ring (bicyclic) bond motifs is 5. The first-order valence-corrected chi connectivity index (χ1v) is 9.74. The minimum Gasteiger partial charge on any atom is -0.368 e. The van der Waals surface area contributed by atoms with E-state index in [2.05, 4.69) is 24.8 Å². The van der Waals surface area contributed by atoms with Crippen LogP contribution in [-0.4, -0.2) is 36.6 Å². The Kier molecular flexibility index (Phi) is 3.37. The number of hydrogen-bond acceptors (Lipinski definition) is 6. The van der Waals surface area contributed by atoms with E-state index < -0.39 is 5.60 Å². The summed E-state index contributed by atoms with van der Waals surface area (Å²) < 4.78 is 15.0. The molecule has 29 heavy (non-hydrogen) atoms. The van der Waals surface area contributed by atoms with E-state index in [9.17, 15) is 0 Å². The fourth-order valence-electron chi connectivity index (χ4n) is 4.04. The highest BCUT2D eigenvalue weighted by atomic mass is 35.5. The topological polar surface area (TPSA) is 83.8 Å². The van der Waals surface area contributed by atoms with Crippen molar-refractivity contribution in [3.8, 4) is 28.5 Å². The van der Waals surface area contributed by atoms with Crippen molar-refractivity contribution >= 4 is 11.6 Å². The maximum absolute atomic E-state index is 6.29. The van der Waals surface area contributed by atoms with E-state index in [4.69, 9.17) is 20.9 Å². The fraction of sp³-hybridized carbons (Fsp3) is 0.300. The number of rotatable bonds is 3. The summed E-state index contributed by atoms with van der Waals surface area (Å²) in [5.41, 5.74) is 5.21. The summed E-state index contributed by atoms with van der Waals surface area (Å²) in [5.74, 6) is 0.986. The second kappa shape index (κ2) is 5.77. The fourth-order valence-corrected chi connectivity index (χ4v) is 4.21. The largest absolute Gasteiger partial charge is 0.368 e. The lowest BCUT2D eigenvalue weighted by Gasteiger charge is -2.09. The number of aryl methyl sites for hydroxylation is 1. The first-order chi connectivity index (χ1) is 14.1. The summed E-state index contributed by atoms with van der Waals surface area (Å²) in [6.45, 7) is 0. The number of hydrogen-bond donors (Lipinski definition) is 0. The minimum atomic E-state index is -0.429. The summed E-state index contributed by atoms with van der Waals surface area (Å²) in [6, 6.07) is 5.81. The van der Waals surface area contributed by atoms with Crippen LogP contribution < -0.4 is 0 Å². The molecule has 4 aromatic rings. The SMILES string of the molecule is COC1(c2nc(-c3ncn4c3Cc3cn(C)nc3-c3cc(Cl)ccc3-4)no2)CC1. The van der Waals surface area contributed by atoms with Crippen LogP contribution >= 0.6 is 11.6 Å². The molecule has 1 aliphatic carbocycles. The molecule has 2 aliphatic rings. The van der Waals surface area contributed by atoms with Gasteiger partial charge in [0, 0.05) is 42.9 Å². The summed E-state index contributed by atoms with van der Waals surface area (Å²) in [4.78, 5) is 9.24. The Labute approximate surface area is 171 Å². The van der Waals surface area contributed by atoms with Crippen LogP contribution in [0.5, 0.6) is 0 Å². The van der Waals surface area contributed by atoms with Crippen molar-refractivity contribution in [1.29, 1.82) is 0 Å². The summed E-state index contributed by atoms with van der Waals surface area (Å²) in [5, 5.41) is 9.54. The summed E-state index contributed by atoms with van der Waals surface area (Å²) >= 11 is 6.29. The molecule has 0 N–H and O–H groups in total. The third-order valence-corrected chi connectivity index (χ3v) is 5.96. The molecule has 146 valence electrons. The van der Waals surface area contributed by atoms with Gasteiger partial charge in [-0.2, -0.15) is 10.1 Å². The maximum atomic E-state index is 6.29. The van der Waals surface area contributed by atoms with Crippen LogP contribution in [0, 0.1) is 0 Å². The molecular formula is C20H17ClN6O2. The quantitative estimate of drug-likeness (QED) is 0.454. The molecule has 3 aromatic heterocycles. The van der Waals surface area contributed by atoms with Crippen molar-refractivity contribution in [2.75, 3.05) is 7.11 Å². The molecule has 0 amide bonds. The number of imidazole rings is 1. The summed E-state index contributed by atoms with van der Waals surface area (Å²) in [6.07, 6.45) is 6.24. The van der Waals surface area contributed by atoms with Crippen LogP contribution in [-0.2, 0) is 23.8 Å². The van der Waals surface area contributed by atoms with Crippen molar-refractivity contribution < 1.29 is 9.26 Å². The Morgan fingerprint density at radius 1 is 1.24 bits per heavy atom. The number of halogens is 1. The van der Waals surface area contributed by atoms with Gasteiger partial charge in [0.2, 0.25) is 5.82 Å². The molecule has 1 aromatic carbocycles. The second-order valence-corrected chi connectivity index (χ2v) is 7.98. The van der Waals surface area contributed by atoms with Crippen molar-refractivity contribution in [2.45, 2.75) is 24.9 Å². The molecule has 8 nitrogen and oxygen atoms in total. The van der Waals surface area contributed by atoms with Gasteiger partial charge in [0.1, 0.15) is 17.6 Å². The monoisotopic (exact) mass is 408 g/mol. The molecule has 0 unspecified atom stereocenters. The number of nitrogens with zero attached hydrogens (tertiary/aromatic N) is 6. The van der Waals surface area contributed by atoms with Crippen LogP contribution in [0.3, 0.4) is 0 Å². The van der Waals surface area contributed by atoms with Crippen molar-refractivity contribution in [1.82, 2.24) is 29.5 Å². The normalized spacial score (nSPS) is 16.1. The van der Waals surface area contributed by atoms with Crippen molar-refractivity contribution in [3.05, 3.63) is 52.9 Å². The molecule has 6 rings (SSSR count). The van der Waals surface area contributed by atoms with Crippen LogP contribution in [0.4, 0.5) is 0 Å². The predicted molar refractivity (Wildman–Crippen MR) is 105 cm³/mol. The van der Waals surface area contributed by atoms with Gasteiger partial charge in [-0.25, -0.2) is 4.98 Å². The Balaban J connectivity index is 1.54. The average molecular weight is 409 g/mol. The first kappa shape index (κ1) is 16.9. The zero-order valence-electron chi connectivity index (χ0n) is 15.9. The average Bonchev–Trinajstić information content (AvgIpc) is 3.03. The standard InChI is InChI=1S/C20H17ClN6O2/c1-26-9-11-7-15-17(18-23-19(29-25-18)20(28-2)5-6-20)22-10-27(15)14-4-3-12(21)8-13(14)16(11)24-26/h3-4,8-10H,5-7H2,1-2H3. The van der Waals surface area contributed by atoms with E-state index >= 15 is 0 Å². The molecule has 0 radical (unpaired) electrons. The molecular weight excluding hydrogens is 392 g/mol. The Bertz CT molecular complexity index is 1270. The Morgan fingerprint density at radius 3 is 2.90 bits per heavy atom. The van der Waals surface area contributed by atoms with Crippen LogP contribution in [0.1, 0.15) is 30.0 Å². The van der Waals surface area contributed by atoms with Gasteiger partial charge in [-0.05, 0) is 31.0 Å². The zero-order valence-corrected chi connectivity index (χ0v) is 16.6. The smallest absolute Gasteiger partial charge is 0.259 e. The molecule has 1 aliphatic heterocycles. The molecule has 1 fully saturated rings. The number of benzene rings is 1. The summed E-state index contributed by atoms with van der Waals surface area (Å²) in [7, 11) is 3.59. The van der Waals surface area contributed by atoms with Crippen LogP contribution in [0.25, 0.3) is 28.5 Å². The maximum Gasteiger partial charge on any atom is 0.259 e. The van der Waals surface area contributed by atoms with Gasteiger partial charge in [0.25, 0.3) is 5.89 Å². The van der Waals surface area contributed by atoms with E-state index in [0.29, 0.717) is 28.9 Å². The van der Waals surface area contributed by atoms with E-state index in [-0.39, 0.29) is 0 Å². The number of aromatic nitrogens is 6. The highest BCUT2D eigenvalue weighted by Gasteiger charge is 2.50. The lowest BCUT2D eigenvalue weighted by molar-refractivity contribution is 0.0492.